The number of H-pyrrole nitrogens is 1. The number of carbonyl (C=O) groups is 2. The van der Waals surface area contributed by atoms with Gasteiger partial charge in [-0.2, -0.15) is 0 Å². The second-order valence-electron chi connectivity index (χ2n) is 7.83. The summed E-state index contributed by atoms with van der Waals surface area (Å²) in [6.45, 7) is 4.71. The van der Waals surface area contributed by atoms with Gasteiger partial charge < -0.3 is 9.30 Å². The van der Waals surface area contributed by atoms with Gasteiger partial charge in [-0.25, -0.2) is 4.68 Å². The number of Topliss-reactive ketones (excluding diaryl/α,β-unsaturated/α-hetero) is 1. The highest BCUT2D eigenvalue weighted by molar-refractivity contribution is 6.01. The molecule has 2 aromatic heterocycles. The Kier molecular flexibility index (Phi) is 5.83. The van der Waals surface area contributed by atoms with E-state index in [0.717, 1.165) is 21.8 Å². The fraction of sp³-hybridized carbons (Fsp3) is 0.200. The number of nitrogens with one attached hydrogen (secondary N) is 1. The molecule has 0 fully saturated rings. The van der Waals surface area contributed by atoms with E-state index < -0.39 is 29.7 Å². The lowest BCUT2D eigenvalue weighted by Gasteiger charge is -2.14. The lowest BCUT2D eigenvalue weighted by atomic mass is 10.1. The summed E-state index contributed by atoms with van der Waals surface area (Å²) in [5.74, 6) is -1.15. The topological polar surface area (TPSA) is 103 Å². The summed E-state index contributed by atoms with van der Waals surface area (Å²) in [6.07, 6.45) is -1.06. The summed E-state index contributed by atoms with van der Waals surface area (Å²) in [4.78, 5) is 50.3. The number of ketones is 1. The molecule has 0 radical (unpaired) electrons. The maximum absolute atomic E-state index is 13.0. The van der Waals surface area contributed by atoms with Gasteiger partial charge in [-0.1, -0.05) is 30.3 Å². The lowest BCUT2D eigenvalue weighted by molar-refractivity contribution is -0.147. The number of hydrogen-bond acceptors (Lipinski definition) is 5. The molecule has 8 heteroatoms. The van der Waals surface area contributed by atoms with E-state index in [9.17, 15) is 19.2 Å². The summed E-state index contributed by atoms with van der Waals surface area (Å²) in [6, 6.07) is 17.7. The number of aromatic nitrogens is 3. The van der Waals surface area contributed by atoms with Gasteiger partial charge in [-0.05, 0) is 51.1 Å². The van der Waals surface area contributed by atoms with Gasteiger partial charge in [-0.3, -0.25) is 24.3 Å². The van der Waals surface area contributed by atoms with E-state index >= 15 is 0 Å². The van der Waals surface area contributed by atoms with Crippen LogP contribution in [0, 0.1) is 13.8 Å². The number of carbonyl (C=O) groups excluding carboxylic acids is 2. The molecule has 1 unspecified atom stereocenters. The highest BCUT2D eigenvalue weighted by atomic mass is 16.5. The third kappa shape index (κ3) is 4.15. The molecule has 4 rings (SSSR count). The van der Waals surface area contributed by atoms with Gasteiger partial charge in [0, 0.05) is 22.6 Å². The number of fused-ring (bicyclic) bond motifs is 1. The van der Waals surface area contributed by atoms with Crippen LogP contribution in [0.4, 0.5) is 0 Å². The average molecular weight is 445 g/mol. The van der Waals surface area contributed by atoms with Crippen LogP contribution in [0.2, 0.25) is 0 Å². The Labute approximate surface area is 189 Å². The standard InChI is InChI=1S/C25H23N3O5/c1-15-13-21(16(2)28(15)18-9-5-4-6-10-18)23(30)17(3)33-22(29)14-27-25(32)20-12-8-7-11-19(20)24(31)26-27/h4-13,17H,14H2,1-3H3,(H,26,31). The second kappa shape index (κ2) is 8.74. The minimum absolute atomic E-state index is 0.200. The van der Waals surface area contributed by atoms with E-state index in [2.05, 4.69) is 5.10 Å². The Morgan fingerprint density at radius 2 is 1.61 bits per heavy atom. The van der Waals surface area contributed by atoms with E-state index in [1.165, 1.54) is 19.1 Å². The van der Waals surface area contributed by atoms with Crippen LogP contribution >= 0.6 is 0 Å². The van der Waals surface area contributed by atoms with Crippen molar-refractivity contribution in [3.63, 3.8) is 0 Å². The molecule has 33 heavy (non-hydrogen) atoms. The quantitative estimate of drug-likeness (QED) is 0.363. The molecular weight excluding hydrogens is 422 g/mol. The largest absolute Gasteiger partial charge is 0.453 e. The smallest absolute Gasteiger partial charge is 0.328 e. The van der Waals surface area contributed by atoms with E-state index in [1.807, 2.05) is 48.7 Å². The van der Waals surface area contributed by atoms with Gasteiger partial charge in [0.15, 0.2) is 6.10 Å². The Bertz CT molecular complexity index is 1480. The molecule has 0 amide bonds. The second-order valence-corrected chi connectivity index (χ2v) is 7.83. The van der Waals surface area contributed by atoms with E-state index in [1.54, 1.807) is 18.2 Å². The first-order chi connectivity index (χ1) is 15.8. The molecule has 1 N–H and O–H groups in total. The van der Waals surface area contributed by atoms with Crippen molar-refractivity contribution in [3.05, 3.63) is 98.3 Å². The van der Waals surface area contributed by atoms with E-state index in [4.69, 9.17) is 4.74 Å². The van der Waals surface area contributed by atoms with E-state index in [0.29, 0.717) is 5.56 Å². The molecule has 168 valence electrons. The Morgan fingerprint density at radius 3 is 2.30 bits per heavy atom. The van der Waals surface area contributed by atoms with Crippen LogP contribution in [-0.4, -0.2) is 32.2 Å². The van der Waals surface area contributed by atoms with Crippen molar-refractivity contribution in [2.24, 2.45) is 0 Å². The van der Waals surface area contributed by atoms with Crippen molar-refractivity contribution in [3.8, 4) is 5.69 Å². The monoisotopic (exact) mass is 445 g/mol. The predicted octanol–water partition coefficient (Wildman–Crippen LogP) is 2.91. The summed E-state index contributed by atoms with van der Waals surface area (Å²) < 4.78 is 8.16. The number of para-hydroxylation sites is 1. The maximum atomic E-state index is 13.0. The summed E-state index contributed by atoms with van der Waals surface area (Å²) in [5.41, 5.74) is 1.98. The maximum Gasteiger partial charge on any atom is 0.328 e. The molecule has 0 saturated carbocycles. The Balaban J connectivity index is 1.53. The Morgan fingerprint density at radius 1 is 0.970 bits per heavy atom. The zero-order chi connectivity index (χ0) is 23.7. The van der Waals surface area contributed by atoms with Crippen LogP contribution in [0.5, 0.6) is 0 Å². The van der Waals surface area contributed by atoms with Crippen molar-refractivity contribution in [1.29, 1.82) is 0 Å². The highest BCUT2D eigenvalue weighted by Gasteiger charge is 2.24. The summed E-state index contributed by atoms with van der Waals surface area (Å²) in [5, 5.41) is 2.82. The lowest BCUT2D eigenvalue weighted by Crippen LogP contribution is -2.34. The molecule has 0 aliphatic carbocycles. The zero-order valence-electron chi connectivity index (χ0n) is 18.5. The van der Waals surface area contributed by atoms with Crippen LogP contribution in [-0.2, 0) is 16.1 Å². The van der Waals surface area contributed by atoms with Crippen LogP contribution in [0.3, 0.4) is 0 Å². The zero-order valence-corrected chi connectivity index (χ0v) is 18.5. The molecule has 2 aromatic carbocycles. The van der Waals surface area contributed by atoms with Crippen LogP contribution in [0.15, 0.2) is 70.3 Å². The minimum atomic E-state index is -1.06. The van der Waals surface area contributed by atoms with Crippen molar-refractivity contribution in [2.45, 2.75) is 33.4 Å². The van der Waals surface area contributed by atoms with Gasteiger partial charge in [0.25, 0.3) is 11.1 Å². The minimum Gasteiger partial charge on any atom is -0.453 e. The summed E-state index contributed by atoms with van der Waals surface area (Å²) in [7, 11) is 0. The van der Waals surface area contributed by atoms with Gasteiger partial charge in [0.2, 0.25) is 5.78 Å². The van der Waals surface area contributed by atoms with Gasteiger partial charge in [-0.15, -0.1) is 0 Å². The number of benzene rings is 2. The first kappa shape index (κ1) is 22.0. The van der Waals surface area contributed by atoms with Crippen LogP contribution < -0.4 is 11.1 Å². The van der Waals surface area contributed by atoms with E-state index in [-0.39, 0.29) is 16.6 Å². The van der Waals surface area contributed by atoms with Crippen LogP contribution in [0.1, 0.15) is 28.7 Å². The molecule has 0 spiro atoms. The number of rotatable bonds is 6. The molecule has 8 nitrogen and oxygen atoms in total. The van der Waals surface area contributed by atoms with Crippen molar-refractivity contribution < 1.29 is 14.3 Å². The molecule has 0 saturated heterocycles. The Hall–Kier alpha value is -4.20. The molecule has 0 bridgehead atoms. The normalized spacial score (nSPS) is 12.0. The number of aromatic amines is 1. The third-order valence-corrected chi connectivity index (χ3v) is 5.56. The first-order valence-electron chi connectivity index (χ1n) is 10.5. The SMILES string of the molecule is Cc1cc(C(=O)C(C)OC(=O)Cn2[nH]c(=O)c3ccccc3c2=O)c(C)n1-c1ccccc1. The molecule has 0 aliphatic rings. The average Bonchev–Trinajstić information content (AvgIpc) is 3.11. The molecular formula is C25H23N3O5. The number of aryl methyl sites for hydroxylation is 1. The molecule has 4 aromatic rings. The number of nitrogens with zero attached hydrogens (tertiary/aromatic N) is 2. The third-order valence-electron chi connectivity index (χ3n) is 5.56. The van der Waals surface area contributed by atoms with Gasteiger partial charge in [0.05, 0.1) is 10.8 Å². The highest BCUT2D eigenvalue weighted by Crippen LogP contribution is 2.22. The van der Waals surface area contributed by atoms with Gasteiger partial charge in [0.1, 0.15) is 6.54 Å². The first-order valence-corrected chi connectivity index (χ1v) is 10.5. The fourth-order valence-corrected chi connectivity index (χ4v) is 3.98. The number of ether oxygens (including phenoxy) is 1. The summed E-state index contributed by atoms with van der Waals surface area (Å²) >= 11 is 0. The van der Waals surface area contributed by atoms with Crippen LogP contribution in [0.25, 0.3) is 16.5 Å². The van der Waals surface area contributed by atoms with Crippen molar-refractivity contribution in [1.82, 2.24) is 14.3 Å². The number of hydrogen-bond donors (Lipinski definition) is 1. The molecule has 0 aliphatic heterocycles. The molecule has 2 heterocycles. The van der Waals surface area contributed by atoms with Gasteiger partial charge >= 0.3 is 5.97 Å². The number of esters is 1. The van der Waals surface area contributed by atoms with Crippen molar-refractivity contribution in [2.75, 3.05) is 0 Å². The van der Waals surface area contributed by atoms with Crippen molar-refractivity contribution >= 4 is 22.5 Å². The molecule has 1 atom stereocenters. The predicted molar refractivity (Wildman–Crippen MR) is 124 cm³/mol. The fourth-order valence-electron chi connectivity index (χ4n) is 3.98.